The van der Waals surface area contributed by atoms with Gasteiger partial charge in [-0.1, -0.05) is 69.4 Å². The van der Waals surface area contributed by atoms with Crippen LogP contribution < -0.4 is 5.32 Å². The standard InChI is InChI=1S/C20H35NO/c1-4-14-19(17(2)3)21-20(22)18-15-12-10-8-6-5-7-9-11-13-16-18/h4,14,18H,5-13,15-16H2,1-3H3,(H,21,22). The van der Waals surface area contributed by atoms with Crippen LogP contribution >= 0.6 is 0 Å². The lowest BCUT2D eigenvalue weighted by Crippen LogP contribution is -2.30. The van der Waals surface area contributed by atoms with Crippen LogP contribution in [0.4, 0.5) is 0 Å². The molecule has 0 unspecified atom stereocenters. The summed E-state index contributed by atoms with van der Waals surface area (Å²) >= 11 is 0. The van der Waals surface area contributed by atoms with Crippen molar-refractivity contribution in [2.45, 2.75) is 91.4 Å². The molecule has 0 spiro atoms. The lowest BCUT2D eigenvalue weighted by molar-refractivity contribution is -0.124. The topological polar surface area (TPSA) is 29.1 Å². The Morgan fingerprint density at radius 3 is 1.73 bits per heavy atom. The molecule has 0 heterocycles. The SMILES string of the molecule is CC=CC(NC(=O)C1CCCCCCCCCCC1)=C(C)C. The molecule has 2 nitrogen and oxygen atoms in total. The summed E-state index contributed by atoms with van der Waals surface area (Å²) in [7, 11) is 0. The molecule has 126 valence electrons. The molecule has 1 N–H and O–H groups in total. The van der Waals surface area contributed by atoms with Crippen LogP contribution in [0.25, 0.3) is 0 Å². The maximum Gasteiger partial charge on any atom is 0.227 e. The molecule has 0 bridgehead atoms. The Bertz CT molecular complexity index is 365. The Balaban J connectivity index is 2.59. The van der Waals surface area contributed by atoms with Crippen LogP contribution in [-0.4, -0.2) is 5.91 Å². The molecule has 1 amide bonds. The highest BCUT2D eigenvalue weighted by Crippen LogP contribution is 2.21. The highest BCUT2D eigenvalue weighted by molar-refractivity contribution is 5.80. The van der Waals surface area contributed by atoms with Gasteiger partial charge in [-0.2, -0.15) is 0 Å². The second kappa shape index (κ2) is 11.5. The molecule has 0 aromatic heterocycles. The van der Waals surface area contributed by atoms with Gasteiger partial charge in [-0.25, -0.2) is 0 Å². The number of rotatable bonds is 3. The zero-order chi connectivity index (χ0) is 16.2. The fourth-order valence-corrected chi connectivity index (χ4v) is 3.16. The third-order valence-electron chi connectivity index (χ3n) is 4.61. The van der Waals surface area contributed by atoms with E-state index in [-0.39, 0.29) is 11.8 Å². The number of carbonyl (C=O) groups excluding carboxylic acids is 1. The molecule has 1 aliphatic carbocycles. The smallest absolute Gasteiger partial charge is 0.227 e. The van der Waals surface area contributed by atoms with Gasteiger partial charge in [0.25, 0.3) is 0 Å². The van der Waals surface area contributed by atoms with Crippen LogP contribution in [0.1, 0.15) is 91.4 Å². The fourth-order valence-electron chi connectivity index (χ4n) is 3.16. The monoisotopic (exact) mass is 305 g/mol. The molecule has 1 fully saturated rings. The number of hydrogen-bond donors (Lipinski definition) is 1. The zero-order valence-electron chi connectivity index (χ0n) is 14.9. The first-order valence-corrected chi connectivity index (χ1v) is 9.26. The summed E-state index contributed by atoms with van der Waals surface area (Å²) in [6.07, 6.45) is 17.9. The summed E-state index contributed by atoms with van der Waals surface area (Å²) in [5.74, 6) is 0.422. The van der Waals surface area contributed by atoms with Crippen molar-refractivity contribution in [3.8, 4) is 0 Å². The molecule has 22 heavy (non-hydrogen) atoms. The van der Waals surface area contributed by atoms with E-state index in [4.69, 9.17) is 0 Å². The van der Waals surface area contributed by atoms with Gasteiger partial charge >= 0.3 is 0 Å². The van der Waals surface area contributed by atoms with E-state index in [0.29, 0.717) is 0 Å². The average molecular weight is 306 g/mol. The van der Waals surface area contributed by atoms with Crippen molar-refractivity contribution in [1.29, 1.82) is 0 Å². The van der Waals surface area contributed by atoms with Crippen molar-refractivity contribution in [1.82, 2.24) is 5.32 Å². The van der Waals surface area contributed by atoms with Crippen molar-refractivity contribution in [2.75, 3.05) is 0 Å². The molecule has 1 rings (SSSR count). The molecule has 0 saturated heterocycles. The predicted octanol–water partition coefficient (Wildman–Crippen LogP) is 5.89. The molecule has 0 aliphatic heterocycles. The van der Waals surface area contributed by atoms with Gasteiger partial charge in [0, 0.05) is 11.6 Å². The van der Waals surface area contributed by atoms with E-state index in [1.807, 2.05) is 19.1 Å². The lowest BCUT2D eigenvalue weighted by atomic mass is 9.92. The summed E-state index contributed by atoms with van der Waals surface area (Å²) in [4.78, 5) is 12.6. The van der Waals surface area contributed by atoms with Crippen molar-refractivity contribution in [3.63, 3.8) is 0 Å². The second-order valence-corrected chi connectivity index (χ2v) is 6.86. The van der Waals surface area contributed by atoms with Crippen molar-refractivity contribution in [3.05, 3.63) is 23.4 Å². The number of nitrogens with one attached hydrogen (secondary N) is 1. The number of amides is 1. The number of hydrogen-bond acceptors (Lipinski definition) is 1. The van der Waals surface area contributed by atoms with E-state index in [9.17, 15) is 4.79 Å². The Hall–Kier alpha value is -1.05. The molecular weight excluding hydrogens is 270 g/mol. The van der Waals surface area contributed by atoms with Gasteiger partial charge in [-0.3, -0.25) is 4.79 Å². The minimum absolute atomic E-state index is 0.194. The molecule has 0 radical (unpaired) electrons. The number of allylic oxidation sites excluding steroid dienone is 3. The van der Waals surface area contributed by atoms with Crippen LogP contribution in [0.5, 0.6) is 0 Å². The normalized spacial score (nSPS) is 19.2. The maximum absolute atomic E-state index is 12.6. The van der Waals surface area contributed by atoms with Gasteiger partial charge in [-0.15, -0.1) is 0 Å². The first kappa shape index (κ1) is 19.0. The minimum Gasteiger partial charge on any atom is -0.326 e. The van der Waals surface area contributed by atoms with E-state index in [1.165, 1.54) is 63.4 Å². The van der Waals surface area contributed by atoms with Gasteiger partial charge in [0.15, 0.2) is 0 Å². The average Bonchev–Trinajstić information content (AvgIpc) is 2.47. The molecule has 0 atom stereocenters. The van der Waals surface area contributed by atoms with Gasteiger partial charge in [0.05, 0.1) is 0 Å². The molecule has 0 aromatic carbocycles. The van der Waals surface area contributed by atoms with Gasteiger partial charge < -0.3 is 5.32 Å². The van der Waals surface area contributed by atoms with Crippen molar-refractivity contribution in [2.24, 2.45) is 5.92 Å². The van der Waals surface area contributed by atoms with Crippen LogP contribution in [0.3, 0.4) is 0 Å². The van der Waals surface area contributed by atoms with E-state index in [0.717, 1.165) is 18.5 Å². The van der Waals surface area contributed by atoms with Gasteiger partial charge in [0.2, 0.25) is 5.91 Å². The first-order chi connectivity index (χ1) is 10.6. The lowest BCUT2D eigenvalue weighted by Gasteiger charge is -2.18. The third-order valence-corrected chi connectivity index (χ3v) is 4.61. The summed E-state index contributed by atoms with van der Waals surface area (Å²) in [5, 5.41) is 3.15. The minimum atomic E-state index is 0.194. The van der Waals surface area contributed by atoms with E-state index >= 15 is 0 Å². The van der Waals surface area contributed by atoms with Crippen LogP contribution in [-0.2, 0) is 4.79 Å². The Morgan fingerprint density at radius 2 is 1.32 bits per heavy atom. The Kier molecular flexibility index (Phi) is 9.94. The Labute approximate surface area is 137 Å². The molecule has 0 aromatic rings. The largest absolute Gasteiger partial charge is 0.326 e. The van der Waals surface area contributed by atoms with E-state index in [1.54, 1.807) is 0 Å². The predicted molar refractivity (Wildman–Crippen MR) is 95.6 cm³/mol. The van der Waals surface area contributed by atoms with Crippen molar-refractivity contribution < 1.29 is 4.79 Å². The zero-order valence-corrected chi connectivity index (χ0v) is 14.9. The molecule has 1 aliphatic rings. The summed E-state index contributed by atoms with van der Waals surface area (Å²) in [5.41, 5.74) is 2.14. The molecule has 1 saturated carbocycles. The summed E-state index contributed by atoms with van der Waals surface area (Å²) < 4.78 is 0. The molecule has 2 heteroatoms. The van der Waals surface area contributed by atoms with Crippen LogP contribution in [0, 0.1) is 5.92 Å². The van der Waals surface area contributed by atoms with Gasteiger partial charge in [-0.05, 0) is 39.7 Å². The highest BCUT2D eigenvalue weighted by atomic mass is 16.1. The quantitative estimate of drug-likeness (QED) is 0.647. The second-order valence-electron chi connectivity index (χ2n) is 6.86. The molecular formula is C20H35NO. The third kappa shape index (κ3) is 7.82. The highest BCUT2D eigenvalue weighted by Gasteiger charge is 2.18. The maximum atomic E-state index is 12.6. The summed E-state index contributed by atoms with van der Waals surface area (Å²) in [6, 6.07) is 0. The van der Waals surface area contributed by atoms with E-state index < -0.39 is 0 Å². The number of carbonyl (C=O) groups is 1. The fraction of sp³-hybridized carbons (Fsp3) is 0.750. The van der Waals surface area contributed by atoms with Gasteiger partial charge in [0.1, 0.15) is 0 Å². The first-order valence-electron chi connectivity index (χ1n) is 9.26. The van der Waals surface area contributed by atoms with Crippen molar-refractivity contribution >= 4 is 5.91 Å². The Morgan fingerprint density at radius 1 is 0.864 bits per heavy atom. The summed E-state index contributed by atoms with van der Waals surface area (Å²) in [6.45, 7) is 6.10. The van der Waals surface area contributed by atoms with Crippen LogP contribution in [0.15, 0.2) is 23.4 Å². The van der Waals surface area contributed by atoms with Crippen LogP contribution in [0.2, 0.25) is 0 Å². The van der Waals surface area contributed by atoms with E-state index in [2.05, 4.69) is 19.2 Å².